The van der Waals surface area contributed by atoms with E-state index in [2.05, 4.69) is 125 Å². The lowest BCUT2D eigenvalue weighted by Crippen LogP contribution is -2.46. The molecular weight excluding hydrogens is 657 g/mol. The molecule has 0 N–H and O–H groups in total. The van der Waals surface area contributed by atoms with Gasteiger partial charge in [-0.3, -0.25) is 0 Å². The van der Waals surface area contributed by atoms with Crippen molar-refractivity contribution in [3.05, 3.63) is 108 Å². The Hall–Kier alpha value is -2.32. The first kappa shape index (κ1) is 40.5. The summed E-state index contributed by atoms with van der Waals surface area (Å²) in [5, 5.41) is 0. The van der Waals surface area contributed by atoms with Crippen molar-refractivity contribution >= 4 is 29.1 Å². The lowest BCUT2D eigenvalue weighted by molar-refractivity contribution is -0.193. The minimum absolute atomic E-state index is 0.600. The standard InChI is InChI=1S/C44H60O4S2/c1-5-9-19-31-45-43(46-32-20-10-6-2)36-42(50-39-25-17-14-18-26-39)44(47-33-21-11-7-3,48-34-22-12-8-4)35-41(43)37-27-29-40(30-28-37)49-38-23-15-13-16-24-38/h13-18,23-30,35-36H,5-12,19-22,31-34H2,1-4H3. The monoisotopic (exact) mass is 716 g/mol. The van der Waals surface area contributed by atoms with Crippen molar-refractivity contribution in [2.24, 2.45) is 0 Å². The Kier molecular flexibility index (Phi) is 18.3. The van der Waals surface area contributed by atoms with Crippen molar-refractivity contribution in [2.75, 3.05) is 26.4 Å². The molecule has 1 aliphatic rings. The highest BCUT2D eigenvalue weighted by atomic mass is 32.2. The summed E-state index contributed by atoms with van der Waals surface area (Å²) in [6.07, 6.45) is 17.2. The predicted octanol–water partition coefficient (Wildman–Crippen LogP) is 13.1. The molecule has 4 rings (SSSR count). The molecule has 0 fully saturated rings. The van der Waals surface area contributed by atoms with E-state index in [-0.39, 0.29) is 0 Å². The topological polar surface area (TPSA) is 36.9 Å². The van der Waals surface area contributed by atoms with Gasteiger partial charge in [0, 0.05) is 20.3 Å². The van der Waals surface area contributed by atoms with Crippen LogP contribution in [0.25, 0.3) is 5.57 Å². The van der Waals surface area contributed by atoms with Gasteiger partial charge in [-0.2, -0.15) is 0 Å². The summed E-state index contributed by atoms with van der Waals surface area (Å²) in [5.74, 6) is -2.16. The second kappa shape index (κ2) is 22.6. The average molecular weight is 717 g/mol. The van der Waals surface area contributed by atoms with Crippen LogP contribution in [0.15, 0.2) is 117 Å². The Bertz CT molecular complexity index is 1380. The molecule has 0 saturated heterocycles. The molecule has 0 aromatic heterocycles. The normalized spacial score (nSPS) is 15.1. The van der Waals surface area contributed by atoms with E-state index in [0.717, 1.165) is 98.0 Å². The zero-order chi connectivity index (χ0) is 35.3. The largest absolute Gasteiger partial charge is 0.343 e. The summed E-state index contributed by atoms with van der Waals surface area (Å²) >= 11 is 3.46. The summed E-state index contributed by atoms with van der Waals surface area (Å²) in [6.45, 7) is 11.3. The van der Waals surface area contributed by atoms with Gasteiger partial charge in [0.25, 0.3) is 0 Å². The quantitative estimate of drug-likeness (QED) is 0.0642. The first-order valence-electron chi connectivity index (χ1n) is 19.2. The highest BCUT2D eigenvalue weighted by Gasteiger charge is 2.48. The molecular formula is C44H60O4S2. The van der Waals surface area contributed by atoms with Crippen molar-refractivity contribution in [1.82, 2.24) is 0 Å². The molecule has 0 atom stereocenters. The second-order valence-corrected chi connectivity index (χ2v) is 15.2. The maximum Gasteiger partial charge on any atom is 0.222 e. The Labute approximate surface area is 311 Å². The third kappa shape index (κ3) is 12.4. The molecule has 3 aromatic carbocycles. The van der Waals surface area contributed by atoms with Gasteiger partial charge in [-0.15, -0.1) is 0 Å². The molecule has 0 spiro atoms. The number of rotatable bonds is 25. The SMILES string of the molecule is CCCCCOC1(OCCCCC)C=C(c2ccc(Sc3ccccc3)cc2)C(OCCCCC)(OCCCCC)C=C1Sc1ccccc1. The summed E-state index contributed by atoms with van der Waals surface area (Å²) in [4.78, 5) is 4.49. The van der Waals surface area contributed by atoms with Crippen molar-refractivity contribution in [3.8, 4) is 0 Å². The van der Waals surface area contributed by atoms with Gasteiger partial charge in [0.15, 0.2) is 0 Å². The van der Waals surface area contributed by atoms with Crippen molar-refractivity contribution in [3.63, 3.8) is 0 Å². The molecule has 0 bridgehead atoms. The highest BCUT2D eigenvalue weighted by molar-refractivity contribution is 8.03. The van der Waals surface area contributed by atoms with Gasteiger partial charge in [-0.05, 0) is 79.8 Å². The number of benzene rings is 3. The van der Waals surface area contributed by atoms with Crippen molar-refractivity contribution in [2.45, 2.75) is 131 Å². The highest BCUT2D eigenvalue weighted by Crippen LogP contribution is 2.50. The molecule has 1 aliphatic carbocycles. The fourth-order valence-electron chi connectivity index (χ4n) is 5.89. The number of hydrogen-bond acceptors (Lipinski definition) is 6. The second-order valence-electron chi connectivity index (χ2n) is 13.0. The van der Waals surface area contributed by atoms with Crippen molar-refractivity contribution in [1.29, 1.82) is 0 Å². The van der Waals surface area contributed by atoms with Crippen LogP contribution < -0.4 is 0 Å². The van der Waals surface area contributed by atoms with Crippen LogP contribution in [0.3, 0.4) is 0 Å². The third-order valence-electron chi connectivity index (χ3n) is 8.75. The van der Waals surface area contributed by atoms with E-state index in [1.54, 1.807) is 23.5 Å². The van der Waals surface area contributed by atoms with Gasteiger partial charge in [-0.1, -0.05) is 151 Å². The zero-order valence-corrected chi connectivity index (χ0v) is 32.6. The predicted molar refractivity (Wildman–Crippen MR) is 213 cm³/mol. The Morgan fingerprint density at radius 2 is 0.820 bits per heavy atom. The molecule has 0 amide bonds. The van der Waals surface area contributed by atoms with Gasteiger partial charge in [0.2, 0.25) is 11.6 Å². The lowest BCUT2D eigenvalue weighted by Gasteiger charge is -2.43. The first-order chi connectivity index (χ1) is 24.6. The van der Waals surface area contributed by atoms with Crippen LogP contribution in [-0.4, -0.2) is 38.0 Å². The Morgan fingerprint density at radius 1 is 0.420 bits per heavy atom. The van der Waals surface area contributed by atoms with E-state index >= 15 is 0 Å². The van der Waals surface area contributed by atoms with Crippen LogP contribution in [0.5, 0.6) is 0 Å². The minimum atomic E-state index is -1.09. The van der Waals surface area contributed by atoms with Gasteiger partial charge >= 0.3 is 0 Å². The van der Waals surface area contributed by atoms with Gasteiger partial charge < -0.3 is 18.9 Å². The number of ether oxygens (including phenoxy) is 4. The smallest absolute Gasteiger partial charge is 0.222 e. The van der Waals surface area contributed by atoms with E-state index in [4.69, 9.17) is 18.9 Å². The van der Waals surface area contributed by atoms with E-state index in [1.165, 1.54) is 9.79 Å². The molecule has 272 valence electrons. The average Bonchev–Trinajstić information content (AvgIpc) is 3.15. The van der Waals surface area contributed by atoms with Crippen LogP contribution in [0.1, 0.15) is 110 Å². The van der Waals surface area contributed by atoms with Crippen molar-refractivity contribution < 1.29 is 18.9 Å². The van der Waals surface area contributed by atoms with Gasteiger partial charge in [0.05, 0.1) is 31.3 Å². The molecule has 0 radical (unpaired) electrons. The molecule has 0 heterocycles. The fourth-order valence-corrected chi connectivity index (χ4v) is 7.81. The lowest BCUT2D eigenvalue weighted by atomic mass is 9.89. The van der Waals surface area contributed by atoms with E-state index in [0.29, 0.717) is 26.4 Å². The molecule has 4 nitrogen and oxygen atoms in total. The molecule has 0 aliphatic heterocycles. The molecule has 0 saturated carbocycles. The van der Waals surface area contributed by atoms with Gasteiger partial charge in [-0.25, -0.2) is 0 Å². The first-order valence-corrected chi connectivity index (χ1v) is 20.8. The van der Waals surface area contributed by atoms with E-state index < -0.39 is 11.6 Å². The number of thioether (sulfide) groups is 1. The Morgan fingerprint density at radius 3 is 1.26 bits per heavy atom. The Balaban J connectivity index is 1.86. The summed E-state index contributed by atoms with van der Waals surface area (Å²) < 4.78 is 27.9. The maximum absolute atomic E-state index is 7.00. The van der Waals surface area contributed by atoms with Crippen LogP contribution in [0.4, 0.5) is 0 Å². The minimum Gasteiger partial charge on any atom is -0.343 e. The molecule has 3 aromatic rings. The van der Waals surface area contributed by atoms with E-state index in [9.17, 15) is 0 Å². The van der Waals surface area contributed by atoms with Crippen LogP contribution in [0.2, 0.25) is 0 Å². The summed E-state index contributed by atoms with van der Waals surface area (Å²) in [7, 11) is 0. The number of unbranched alkanes of at least 4 members (excludes halogenated alkanes) is 8. The summed E-state index contributed by atoms with van der Waals surface area (Å²) in [6, 6.07) is 29.9. The number of hydrogen-bond donors (Lipinski definition) is 0. The van der Waals surface area contributed by atoms with Crippen LogP contribution in [0, 0.1) is 0 Å². The molecule has 50 heavy (non-hydrogen) atoms. The fraction of sp³-hybridized carbons (Fsp3) is 0.500. The van der Waals surface area contributed by atoms with Gasteiger partial charge in [0.1, 0.15) is 0 Å². The van der Waals surface area contributed by atoms with Crippen LogP contribution in [-0.2, 0) is 18.9 Å². The zero-order valence-electron chi connectivity index (χ0n) is 31.0. The molecule has 6 heteroatoms. The summed E-state index contributed by atoms with van der Waals surface area (Å²) in [5.41, 5.74) is 2.00. The van der Waals surface area contributed by atoms with Crippen LogP contribution >= 0.6 is 23.5 Å². The molecule has 0 unspecified atom stereocenters. The maximum atomic E-state index is 7.00. The van der Waals surface area contributed by atoms with E-state index in [1.807, 2.05) is 0 Å². The third-order valence-corrected chi connectivity index (χ3v) is 10.9.